The van der Waals surface area contributed by atoms with Gasteiger partial charge in [0, 0.05) is 5.92 Å². The van der Waals surface area contributed by atoms with Gasteiger partial charge < -0.3 is 25.2 Å². The maximum Gasteiger partial charge on any atom is 0.407 e. The molecule has 1 heterocycles. The van der Waals surface area contributed by atoms with Gasteiger partial charge in [-0.25, -0.2) is 4.79 Å². The summed E-state index contributed by atoms with van der Waals surface area (Å²) in [6.07, 6.45) is 1.97. The van der Waals surface area contributed by atoms with Gasteiger partial charge >= 0.3 is 12.1 Å². The molecule has 5 rings (SSSR count). The molecular formula is C27H30N2O6. The van der Waals surface area contributed by atoms with Crippen molar-refractivity contribution in [3.8, 4) is 11.1 Å². The van der Waals surface area contributed by atoms with Crippen molar-refractivity contribution < 1.29 is 29.0 Å². The first-order chi connectivity index (χ1) is 16.9. The number of carboxylic acids is 1. The van der Waals surface area contributed by atoms with Crippen LogP contribution >= 0.6 is 0 Å². The summed E-state index contributed by atoms with van der Waals surface area (Å²) >= 11 is 0. The SMILES string of the molecule is CC1(C(=O)O)COCC1NC(=O)C(NC(=O)OCC1c2ccccc2-c2ccccc21)C1CCC1. The summed E-state index contributed by atoms with van der Waals surface area (Å²) in [7, 11) is 0. The van der Waals surface area contributed by atoms with Gasteiger partial charge in [0.1, 0.15) is 18.1 Å². The highest BCUT2D eigenvalue weighted by molar-refractivity contribution is 5.87. The number of carbonyl (C=O) groups is 3. The minimum Gasteiger partial charge on any atom is -0.481 e. The molecule has 35 heavy (non-hydrogen) atoms. The highest BCUT2D eigenvalue weighted by atomic mass is 16.5. The zero-order valence-corrected chi connectivity index (χ0v) is 19.7. The molecule has 1 saturated carbocycles. The maximum atomic E-state index is 13.1. The Hall–Kier alpha value is -3.39. The van der Waals surface area contributed by atoms with E-state index in [9.17, 15) is 19.5 Å². The number of rotatable bonds is 7. The zero-order valence-electron chi connectivity index (χ0n) is 19.7. The Morgan fingerprint density at radius 3 is 2.29 bits per heavy atom. The van der Waals surface area contributed by atoms with E-state index in [2.05, 4.69) is 34.9 Å². The minimum atomic E-state index is -1.20. The monoisotopic (exact) mass is 478 g/mol. The second-order valence-electron chi connectivity index (χ2n) is 9.94. The Morgan fingerprint density at radius 1 is 1.09 bits per heavy atom. The van der Waals surface area contributed by atoms with E-state index >= 15 is 0 Å². The van der Waals surface area contributed by atoms with Gasteiger partial charge in [-0.15, -0.1) is 0 Å². The number of amides is 2. The molecule has 0 spiro atoms. The predicted octanol–water partition coefficient (Wildman–Crippen LogP) is 3.30. The number of ether oxygens (including phenoxy) is 2. The van der Waals surface area contributed by atoms with E-state index < -0.39 is 35.5 Å². The number of carbonyl (C=O) groups excluding carboxylic acids is 2. The molecule has 3 unspecified atom stereocenters. The lowest BCUT2D eigenvalue weighted by Crippen LogP contribution is -2.58. The van der Waals surface area contributed by atoms with Crippen LogP contribution in [-0.2, 0) is 19.1 Å². The molecule has 2 amide bonds. The average molecular weight is 479 g/mol. The molecule has 3 atom stereocenters. The van der Waals surface area contributed by atoms with E-state index in [0.717, 1.165) is 41.5 Å². The van der Waals surface area contributed by atoms with E-state index in [1.54, 1.807) is 6.92 Å². The van der Waals surface area contributed by atoms with Crippen LogP contribution in [0.2, 0.25) is 0 Å². The van der Waals surface area contributed by atoms with Crippen molar-refractivity contribution in [2.45, 2.75) is 44.2 Å². The molecule has 2 aromatic rings. The number of aliphatic carboxylic acids is 1. The fourth-order valence-electron chi connectivity index (χ4n) is 5.28. The van der Waals surface area contributed by atoms with E-state index in [1.165, 1.54) is 0 Å². The summed E-state index contributed by atoms with van der Waals surface area (Å²) in [4.78, 5) is 37.7. The van der Waals surface area contributed by atoms with Crippen LogP contribution in [0.1, 0.15) is 43.2 Å². The van der Waals surface area contributed by atoms with Crippen molar-refractivity contribution in [3.05, 3.63) is 59.7 Å². The first-order valence-electron chi connectivity index (χ1n) is 12.1. The maximum absolute atomic E-state index is 13.1. The molecule has 2 aromatic carbocycles. The van der Waals surface area contributed by atoms with Gasteiger partial charge in [0.25, 0.3) is 0 Å². The Balaban J connectivity index is 1.25. The van der Waals surface area contributed by atoms with Crippen LogP contribution in [0.4, 0.5) is 4.79 Å². The van der Waals surface area contributed by atoms with Crippen LogP contribution in [0, 0.1) is 11.3 Å². The van der Waals surface area contributed by atoms with E-state index in [1.807, 2.05) is 24.3 Å². The Kier molecular flexibility index (Phi) is 6.23. The van der Waals surface area contributed by atoms with Crippen LogP contribution < -0.4 is 10.6 Å². The lowest BCUT2D eigenvalue weighted by atomic mass is 9.78. The number of hydrogen-bond donors (Lipinski definition) is 3. The van der Waals surface area contributed by atoms with Crippen LogP contribution in [0.25, 0.3) is 11.1 Å². The van der Waals surface area contributed by atoms with Crippen molar-refractivity contribution in [2.24, 2.45) is 11.3 Å². The van der Waals surface area contributed by atoms with Crippen LogP contribution in [-0.4, -0.2) is 55.0 Å². The number of alkyl carbamates (subject to hydrolysis) is 1. The lowest BCUT2D eigenvalue weighted by Gasteiger charge is -2.35. The van der Waals surface area contributed by atoms with Gasteiger partial charge in [0.15, 0.2) is 0 Å². The number of carboxylic acid groups (broad SMARTS) is 1. The number of nitrogens with one attached hydrogen (secondary N) is 2. The Morgan fingerprint density at radius 2 is 1.71 bits per heavy atom. The number of fused-ring (bicyclic) bond motifs is 3. The van der Waals surface area contributed by atoms with E-state index in [0.29, 0.717) is 0 Å². The molecule has 0 bridgehead atoms. The zero-order chi connectivity index (χ0) is 24.6. The standard InChI is InChI=1S/C27H30N2O6/c1-27(25(31)32)15-34-14-22(27)28-24(30)23(16-7-6-8-16)29-26(33)35-13-21-19-11-4-2-9-17(19)18-10-3-5-12-20(18)21/h2-5,9-12,16,21-23H,6-8,13-15H2,1H3,(H,28,30)(H,29,33)(H,31,32). The van der Waals surface area contributed by atoms with Gasteiger partial charge in [-0.2, -0.15) is 0 Å². The molecule has 3 N–H and O–H groups in total. The molecule has 0 radical (unpaired) electrons. The highest BCUT2D eigenvalue weighted by Crippen LogP contribution is 2.44. The molecule has 8 heteroatoms. The van der Waals surface area contributed by atoms with Gasteiger partial charge in [0.05, 0.1) is 19.3 Å². The van der Waals surface area contributed by atoms with Gasteiger partial charge in [-0.1, -0.05) is 55.0 Å². The molecule has 1 aliphatic heterocycles. The Bertz CT molecular complexity index is 1100. The largest absolute Gasteiger partial charge is 0.481 e. The summed E-state index contributed by atoms with van der Waals surface area (Å²) in [5.41, 5.74) is 3.31. The highest BCUT2D eigenvalue weighted by Gasteiger charge is 2.48. The van der Waals surface area contributed by atoms with Crippen LogP contribution in [0.5, 0.6) is 0 Å². The van der Waals surface area contributed by atoms with Crippen molar-refractivity contribution >= 4 is 18.0 Å². The van der Waals surface area contributed by atoms with Crippen molar-refractivity contribution in [3.63, 3.8) is 0 Å². The van der Waals surface area contributed by atoms with Gasteiger partial charge in [0.2, 0.25) is 5.91 Å². The normalized spacial score (nSPS) is 24.1. The smallest absolute Gasteiger partial charge is 0.407 e. The molecule has 1 saturated heterocycles. The quantitative estimate of drug-likeness (QED) is 0.563. The molecule has 2 fully saturated rings. The number of benzene rings is 2. The van der Waals surface area contributed by atoms with Crippen LogP contribution in [0.15, 0.2) is 48.5 Å². The lowest BCUT2D eigenvalue weighted by molar-refractivity contribution is -0.149. The molecule has 184 valence electrons. The van der Waals surface area contributed by atoms with Gasteiger partial charge in [-0.3, -0.25) is 9.59 Å². The fourth-order valence-corrected chi connectivity index (χ4v) is 5.28. The van der Waals surface area contributed by atoms with E-state index in [-0.39, 0.29) is 31.7 Å². The Labute approximate surface area is 204 Å². The summed E-state index contributed by atoms with van der Waals surface area (Å²) in [5.74, 6) is -1.50. The third kappa shape index (κ3) is 4.27. The van der Waals surface area contributed by atoms with Crippen LogP contribution in [0.3, 0.4) is 0 Å². The number of hydrogen-bond acceptors (Lipinski definition) is 5. The van der Waals surface area contributed by atoms with Gasteiger partial charge in [-0.05, 0) is 47.9 Å². The topological polar surface area (TPSA) is 114 Å². The fraction of sp³-hybridized carbons (Fsp3) is 0.444. The molecule has 2 aliphatic carbocycles. The molecule has 0 aromatic heterocycles. The van der Waals surface area contributed by atoms with Crippen molar-refractivity contribution in [2.75, 3.05) is 19.8 Å². The third-order valence-electron chi connectivity index (χ3n) is 7.78. The van der Waals surface area contributed by atoms with Crippen molar-refractivity contribution in [1.29, 1.82) is 0 Å². The summed E-state index contributed by atoms with van der Waals surface area (Å²) in [5, 5.41) is 15.2. The first kappa shape index (κ1) is 23.4. The minimum absolute atomic E-state index is 0.00566. The summed E-state index contributed by atoms with van der Waals surface area (Å²) in [6.45, 7) is 1.87. The predicted molar refractivity (Wildman–Crippen MR) is 128 cm³/mol. The second-order valence-corrected chi connectivity index (χ2v) is 9.94. The summed E-state index contributed by atoms with van der Waals surface area (Å²) < 4.78 is 11.0. The van der Waals surface area contributed by atoms with Crippen molar-refractivity contribution in [1.82, 2.24) is 10.6 Å². The first-order valence-corrected chi connectivity index (χ1v) is 12.1. The third-order valence-corrected chi connectivity index (χ3v) is 7.78. The molecule has 3 aliphatic rings. The molecule has 8 nitrogen and oxygen atoms in total. The van der Waals surface area contributed by atoms with E-state index in [4.69, 9.17) is 9.47 Å². The molecular weight excluding hydrogens is 448 g/mol. The summed E-state index contributed by atoms with van der Waals surface area (Å²) in [6, 6.07) is 14.8. The average Bonchev–Trinajstić information content (AvgIpc) is 3.35. The second kappa shape index (κ2) is 9.34.